The van der Waals surface area contributed by atoms with Crippen molar-refractivity contribution in [2.45, 2.75) is 35.9 Å². The molecule has 1 heterocycles. The second kappa shape index (κ2) is 4.94. The zero-order valence-electron chi connectivity index (χ0n) is 9.12. The van der Waals surface area contributed by atoms with Gasteiger partial charge in [0.15, 0.2) is 0 Å². The molecule has 1 aromatic heterocycles. The van der Waals surface area contributed by atoms with Gasteiger partial charge in [0.25, 0.3) is 10.0 Å². The molecule has 1 unspecified atom stereocenters. The van der Waals surface area contributed by atoms with Gasteiger partial charge in [-0.1, -0.05) is 0 Å². The molecule has 0 fully saturated rings. The van der Waals surface area contributed by atoms with Crippen LogP contribution in [-0.2, 0) is 10.0 Å². The van der Waals surface area contributed by atoms with E-state index in [-0.39, 0.29) is 9.59 Å². The van der Waals surface area contributed by atoms with E-state index in [2.05, 4.69) is 20.7 Å². The number of thiophene rings is 1. The molecule has 16 heavy (non-hydrogen) atoms. The molecule has 0 amide bonds. The predicted molar refractivity (Wildman–Crippen MR) is 71.7 cm³/mol. The Hall–Kier alpha value is 0.380. The predicted octanol–water partition coefficient (Wildman–Crippen LogP) is 3.19. The van der Waals surface area contributed by atoms with Gasteiger partial charge in [0.1, 0.15) is 4.21 Å². The van der Waals surface area contributed by atoms with Crippen LogP contribution >= 0.6 is 38.9 Å². The van der Waals surface area contributed by atoms with Crippen LogP contribution < -0.4 is 4.72 Å². The van der Waals surface area contributed by atoms with Gasteiger partial charge in [0.05, 0.1) is 3.79 Å². The zero-order chi connectivity index (χ0) is 12.6. The third kappa shape index (κ3) is 3.43. The van der Waals surface area contributed by atoms with E-state index in [1.807, 2.05) is 0 Å². The van der Waals surface area contributed by atoms with E-state index in [1.165, 1.54) is 11.3 Å². The first kappa shape index (κ1) is 14.4. The summed E-state index contributed by atoms with van der Waals surface area (Å²) >= 11 is 10.3. The molecule has 92 valence electrons. The Kier molecular flexibility index (Phi) is 4.46. The van der Waals surface area contributed by atoms with Crippen LogP contribution in [0.1, 0.15) is 20.8 Å². The van der Waals surface area contributed by atoms with Crippen LogP contribution in [0.5, 0.6) is 0 Å². The highest BCUT2D eigenvalue weighted by Gasteiger charge is 2.31. The summed E-state index contributed by atoms with van der Waals surface area (Å²) in [5.74, 6) is 0. The fourth-order valence-corrected chi connectivity index (χ4v) is 4.53. The number of sulfonamides is 1. The van der Waals surface area contributed by atoms with Crippen molar-refractivity contribution in [2.24, 2.45) is 0 Å². The van der Waals surface area contributed by atoms with Crippen LogP contribution in [-0.4, -0.2) is 19.3 Å². The molecule has 7 heteroatoms. The number of rotatable bonds is 4. The summed E-state index contributed by atoms with van der Waals surface area (Å²) in [6, 6.07) is 3.27. The SMILES string of the molecule is CC(Cl)C(C)(C)NS(=O)(=O)c1ccc(Br)s1. The minimum Gasteiger partial charge on any atom is -0.206 e. The summed E-state index contributed by atoms with van der Waals surface area (Å²) in [6.07, 6.45) is 0. The number of hydrogen-bond donors (Lipinski definition) is 1. The van der Waals surface area contributed by atoms with Crippen molar-refractivity contribution < 1.29 is 8.42 Å². The summed E-state index contributed by atoms with van der Waals surface area (Å²) in [5.41, 5.74) is -0.684. The van der Waals surface area contributed by atoms with E-state index in [4.69, 9.17) is 11.6 Å². The van der Waals surface area contributed by atoms with Crippen molar-refractivity contribution in [1.29, 1.82) is 0 Å². The maximum Gasteiger partial charge on any atom is 0.250 e. The molecule has 0 bridgehead atoms. The lowest BCUT2D eigenvalue weighted by atomic mass is 10.0. The van der Waals surface area contributed by atoms with Gasteiger partial charge >= 0.3 is 0 Å². The standard InChI is InChI=1S/C9H13BrClNO2S2/c1-6(11)9(2,3)12-16(13,14)8-5-4-7(10)15-8/h4-6,12H,1-3H3. The van der Waals surface area contributed by atoms with Crippen LogP contribution in [0.15, 0.2) is 20.1 Å². The van der Waals surface area contributed by atoms with Gasteiger partial charge in [-0.3, -0.25) is 0 Å². The maximum absolute atomic E-state index is 12.0. The van der Waals surface area contributed by atoms with Gasteiger partial charge in [-0.2, -0.15) is 0 Å². The zero-order valence-corrected chi connectivity index (χ0v) is 13.1. The number of halogens is 2. The van der Waals surface area contributed by atoms with Crippen molar-refractivity contribution >= 4 is 48.9 Å². The van der Waals surface area contributed by atoms with E-state index in [9.17, 15) is 8.42 Å². The molecule has 0 aliphatic heterocycles. The lowest BCUT2D eigenvalue weighted by molar-refractivity contribution is 0.446. The molecular weight excluding hydrogens is 334 g/mol. The fraction of sp³-hybridized carbons (Fsp3) is 0.556. The molecule has 0 saturated heterocycles. The van der Waals surface area contributed by atoms with Gasteiger partial charge < -0.3 is 0 Å². The van der Waals surface area contributed by atoms with E-state index in [1.54, 1.807) is 32.9 Å². The first-order valence-corrected chi connectivity index (χ1v) is 8.11. The normalized spacial score (nSPS) is 15.1. The monoisotopic (exact) mass is 345 g/mol. The third-order valence-corrected chi connectivity index (χ3v) is 6.54. The molecule has 0 saturated carbocycles. The minimum atomic E-state index is -3.49. The van der Waals surface area contributed by atoms with Crippen LogP contribution in [0.4, 0.5) is 0 Å². The van der Waals surface area contributed by atoms with Crippen molar-refractivity contribution in [2.75, 3.05) is 0 Å². The maximum atomic E-state index is 12.0. The Morgan fingerprint density at radius 1 is 1.50 bits per heavy atom. The summed E-state index contributed by atoms with van der Waals surface area (Å²) in [6.45, 7) is 5.27. The fourth-order valence-electron chi connectivity index (χ4n) is 0.920. The molecule has 1 aromatic rings. The Morgan fingerprint density at radius 2 is 2.06 bits per heavy atom. The lowest BCUT2D eigenvalue weighted by Crippen LogP contribution is -2.48. The largest absolute Gasteiger partial charge is 0.250 e. The second-order valence-corrected chi connectivity index (χ2v) is 9.03. The first-order chi connectivity index (χ1) is 7.15. The number of nitrogens with one attached hydrogen (secondary N) is 1. The second-order valence-electron chi connectivity index (χ2n) is 4.00. The molecule has 0 radical (unpaired) electrons. The Morgan fingerprint density at radius 3 is 2.44 bits per heavy atom. The molecule has 3 nitrogen and oxygen atoms in total. The Balaban J connectivity index is 2.97. The van der Waals surface area contributed by atoms with Crippen molar-refractivity contribution in [3.05, 3.63) is 15.9 Å². The average Bonchev–Trinajstić information content (AvgIpc) is 2.50. The molecule has 0 aromatic carbocycles. The molecular formula is C9H13BrClNO2S2. The average molecular weight is 347 g/mol. The van der Waals surface area contributed by atoms with Gasteiger partial charge in [0.2, 0.25) is 0 Å². The highest BCUT2D eigenvalue weighted by Crippen LogP contribution is 2.27. The van der Waals surface area contributed by atoms with Gasteiger partial charge in [-0.05, 0) is 48.8 Å². The molecule has 0 spiro atoms. The highest BCUT2D eigenvalue weighted by molar-refractivity contribution is 9.11. The van der Waals surface area contributed by atoms with Crippen LogP contribution in [0.3, 0.4) is 0 Å². The summed E-state index contributed by atoms with van der Waals surface area (Å²) in [4.78, 5) is 0. The Labute approximate surface area is 113 Å². The number of alkyl halides is 1. The molecule has 1 atom stereocenters. The summed E-state index contributed by atoms with van der Waals surface area (Å²) in [7, 11) is -3.49. The smallest absolute Gasteiger partial charge is 0.206 e. The van der Waals surface area contributed by atoms with Gasteiger partial charge in [-0.15, -0.1) is 22.9 Å². The van der Waals surface area contributed by atoms with E-state index < -0.39 is 15.6 Å². The third-order valence-electron chi connectivity index (χ3n) is 2.21. The lowest BCUT2D eigenvalue weighted by Gasteiger charge is -2.28. The van der Waals surface area contributed by atoms with E-state index in [0.29, 0.717) is 0 Å². The topological polar surface area (TPSA) is 46.2 Å². The Bertz CT molecular complexity index is 468. The van der Waals surface area contributed by atoms with Crippen molar-refractivity contribution in [3.63, 3.8) is 0 Å². The van der Waals surface area contributed by atoms with Gasteiger partial charge in [-0.25, -0.2) is 13.1 Å². The van der Waals surface area contributed by atoms with Gasteiger partial charge in [0, 0.05) is 10.9 Å². The number of hydrogen-bond acceptors (Lipinski definition) is 3. The minimum absolute atomic E-state index is 0.282. The van der Waals surface area contributed by atoms with E-state index >= 15 is 0 Å². The van der Waals surface area contributed by atoms with Crippen LogP contribution in [0.25, 0.3) is 0 Å². The van der Waals surface area contributed by atoms with Crippen LogP contribution in [0, 0.1) is 0 Å². The quantitative estimate of drug-likeness (QED) is 0.851. The van der Waals surface area contributed by atoms with Crippen LogP contribution in [0.2, 0.25) is 0 Å². The summed E-state index contributed by atoms with van der Waals surface area (Å²) in [5, 5.41) is -0.300. The molecule has 0 aliphatic carbocycles. The van der Waals surface area contributed by atoms with Crippen molar-refractivity contribution in [1.82, 2.24) is 4.72 Å². The highest BCUT2D eigenvalue weighted by atomic mass is 79.9. The van der Waals surface area contributed by atoms with Crippen molar-refractivity contribution in [3.8, 4) is 0 Å². The first-order valence-electron chi connectivity index (χ1n) is 4.58. The molecule has 0 aliphatic rings. The molecule has 1 rings (SSSR count). The summed E-state index contributed by atoms with van der Waals surface area (Å²) < 4.78 is 27.6. The van der Waals surface area contributed by atoms with E-state index in [0.717, 1.165) is 3.79 Å². The molecule has 1 N–H and O–H groups in total.